The second-order valence-electron chi connectivity index (χ2n) is 5.79. The first-order chi connectivity index (χ1) is 8.32. The van der Waals surface area contributed by atoms with Gasteiger partial charge in [0.2, 0.25) is 0 Å². The quantitative estimate of drug-likeness (QED) is 0.555. The molecule has 0 radical (unpaired) electrons. The predicted octanol–water partition coefficient (Wildman–Crippen LogP) is 1.80. The number of allylic oxidation sites excluding steroid dienone is 2. The third kappa shape index (κ3) is 1.32. The molecule has 2 aliphatic rings. The molecule has 4 unspecified atom stereocenters. The van der Waals surface area contributed by atoms with Crippen molar-refractivity contribution in [1.82, 2.24) is 0 Å². The van der Waals surface area contributed by atoms with Gasteiger partial charge in [0, 0.05) is 10.8 Å². The molecule has 1 saturated carbocycles. The normalized spacial score (nSPS) is 45.1. The van der Waals surface area contributed by atoms with Crippen molar-refractivity contribution in [2.45, 2.75) is 20.8 Å². The Hall–Kier alpha value is -1.32. The average Bonchev–Trinajstić information content (AvgIpc) is 2.69. The molecule has 4 nitrogen and oxygen atoms in total. The molecule has 2 aliphatic carbocycles. The Labute approximate surface area is 107 Å². The summed E-state index contributed by atoms with van der Waals surface area (Å²) in [5.74, 6) is -1.36. The molecule has 0 aromatic rings. The summed E-state index contributed by atoms with van der Waals surface area (Å²) >= 11 is 0. The highest BCUT2D eigenvalue weighted by molar-refractivity contribution is 5.86. The Kier molecular flexibility index (Phi) is 2.80. The molecule has 0 spiro atoms. The third-order valence-corrected chi connectivity index (χ3v) is 5.25. The minimum Gasteiger partial charge on any atom is -0.469 e. The molecule has 0 aromatic carbocycles. The van der Waals surface area contributed by atoms with Crippen molar-refractivity contribution in [3.63, 3.8) is 0 Å². The number of carbonyl (C=O) groups is 2. The zero-order chi connectivity index (χ0) is 13.7. The lowest BCUT2D eigenvalue weighted by molar-refractivity contribution is -0.161. The topological polar surface area (TPSA) is 52.6 Å². The van der Waals surface area contributed by atoms with Crippen LogP contribution in [0.4, 0.5) is 0 Å². The van der Waals surface area contributed by atoms with Crippen molar-refractivity contribution in [3.8, 4) is 0 Å². The largest absolute Gasteiger partial charge is 0.469 e. The van der Waals surface area contributed by atoms with Crippen LogP contribution in [0.1, 0.15) is 20.8 Å². The van der Waals surface area contributed by atoms with E-state index >= 15 is 0 Å². The van der Waals surface area contributed by atoms with Crippen molar-refractivity contribution < 1.29 is 19.1 Å². The van der Waals surface area contributed by atoms with Gasteiger partial charge in [-0.25, -0.2) is 0 Å². The van der Waals surface area contributed by atoms with Crippen LogP contribution in [0.25, 0.3) is 0 Å². The molecule has 0 amide bonds. The van der Waals surface area contributed by atoms with Crippen LogP contribution in [-0.4, -0.2) is 26.2 Å². The highest BCUT2D eigenvalue weighted by atomic mass is 16.5. The van der Waals surface area contributed by atoms with Gasteiger partial charge in [0.1, 0.15) is 0 Å². The molecule has 0 N–H and O–H groups in total. The van der Waals surface area contributed by atoms with E-state index in [4.69, 9.17) is 9.47 Å². The fourth-order valence-corrected chi connectivity index (χ4v) is 3.82. The van der Waals surface area contributed by atoms with E-state index in [1.807, 2.05) is 13.8 Å². The van der Waals surface area contributed by atoms with Crippen LogP contribution in [0.15, 0.2) is 12.2 Å². The Morgan fingerprint density at radius 2 is 1.28 bits per heavy atom. The molecule has 0 saturated heterocycles. The first-order valence-electron chi connectivity index (χ1n) is 6.19. The Balaban J connectivity index is 2.53. The molecule has 2 bridgehead atoms. The number of ether oxygens (including phenoxy) is 2. The van der Waals surface area contributed by atoms with E-state index in [-0.39, 0.29) is 28.7 Å². The van der Waals surface area contributed by atoms with Gasteiger partial charge in [-0.05, 0) is 5.92 Å². The molecule has 100 valence electrons. The Morgan fingerprint density at radius 3 is 1.56 bits per heavy atom. The van der Waals surface area contributed by atoms with Crippen molar-refractivity contribution in [1.29, 1.82) is 0 Å². The van der Waals surface area contributed by atoms with Gasteiger partial charge in [0.05, 0.1) is 26.1 Å². The Bertz CT molecular complexity index is 390. The van der Waals surface area contributed by atoms with Crippen molar-refractivity contribution in [2.24, 2.45) is 28.6 Å². The molecular weight excluding hydrogens is 232 g/mol. The van der Waals surface area contributed by atoms with E-state index in [1.54, 1.807) is 0 Å². The van der Waals surface area contributed by atoms with Crippen molar-refractivity contribution in [3.05, 3.63) is 12.2 Å². The molecule has 2 rings (SSSR count). The van der Waals surface area contributed by atoms with Gasteiger partial charge in [-0.3, -0.25) is 9.59 Å². The van der Waals surface area contributed by atoms with E-state index < -0.39 is 11.8 Å². The summed E-state index contributed by atoms with van der Waals surface area (Å²) in [6.07, 6.45) is 4.11. The first kappa shape index (κ1) is 13.1. The van der Waals surface area contributed by atoms with Gasteiger partial charge in [-0.1, -0.05) is 32.9 Å². The van der Waals surface area contributed by atoms with E-state index in [9.17, 15) is 9.59 Å². The standard InChI is InChI=1S/C14H20O4/c1-8-13(2)6-7-14(8,3)10(12(16)18-5)9(13)11(15)17-4/h6-10H,1-5H3. The first-order valence-corrected chi connectivity index (χ1v) is 6.19. The number of rotatable bonds is 2. The second-order valence-corrected chi connectivity index (χ2v) is 5.79. The highest BCUT2D eigenvalue weighted by Gasteiger charge is 2.68. The van der Waals surface area contributed by atoms with Gasteiger partial charge in [0.25, 0.3) is 0 Å². The zero-order valence-corrected chi connectivity index (χ0v) is 11.5. The summed E-state index contributed by atoms with van der Waals surface area (Å²) in [6, 6.07) is 0. The lowest BCUT2D eigenvalue weighted by atomic mass is 9.71. The minimum atomic E-state index is -0.458. The van der Waals surface area contributed by atoms with Crippen LogP contribution in [0.2, 0.25) is 0 Å². The summed E-state index contributed by atoms with van der Waals surface area (Å²) < 4.78 is 9.78. The fraction of sp³-hybridized carbons (Fsp3) is 0.714. The van der Waals surface area contributed by atoms with Crippen molar-refractivity contribution in [2.75, 3.05) is 14.2 Å². The highest BCUT2D eigenvalue weighted by Crippen LogP contribution is 2.66. The summed E-state index contributed by atoms with van der Waals surface area (Å²) in [6.45, 7) is 6.12. The smallest absolute Gasteiger partial charge is 0.310 e. The maximum absolute atomic E-state index is 12.1. The summed E-state index contributed by atoms with van der Waals surface area (Å²) in [7, 11) is 2.73. The molecule has 4 heteroatoms. The Morgan fingerprint density at radius 1 is 0.944 bits per heavy atom. The van der Waals surface area contributed by atoms with Crippen molar-refractivity contribution >= 4 is 11.9 Å². The van der Waals surface area contributed by atoms with Crippen LogP contribution in [0.5, 0.6) is 0 Å². The van der Waals surface area contributed by atoms with Crippen LogP contribution in [0, 0.1) is 28.6 Å². The van der Waals surface area contributed by atoms with E-state index in [1.165, 1.54) is 14.2 Å². The lowest BCUT2D eigenvalue weighted by Crippen LogP contribution is -2.40. The molecule has 0 aromatic heterocycles. The van der Waals surface area contributed by atoms with Crippen LogP contribution in [0.3, 0.4) is 0 Å². The van der Waals surface area contributed by atoms with Gasteiger partial charge < -0.3 is 9.47 Å². The molecule has 18 heavy (non-hydrogen) atoms. The number of fused-ring (bicyclic) bond motifs is 2. The molecule has 0 heterocycles. The SMILES string of the molecule is COC(=O)C1C(C(=O)OC)C2(C)C=CC1(C)C2C. The minimum absolute atomic E-state index is 0.207. The van der Waals surface area contributed by atoms with Gasteiger partial charge in [-0.15, -0.1) is 0 Å². The molecular formula is C14H20O4. The summed E-state index contributed by atoms with van der Waals surface area (Å²) in [4.78, 5) is 24.1. The zero-order valence-electron chi connectivity index (χ0n) is 11.5. The maximum Gasteiger partial charge on any atom is 0.310 e. The van der Waals surface area contributed by atoms with Crippen LogP contribution < -0.4 is 0 Å². The molecule has 1 fully saturated rings. The fourth-order valence-electron chi connectivity index (χ4n) is 3.82. The number of hydrogen-bond donors (Lipinski definition) is 0. The monoisotopic (exact) mass is 252 g/mol. The van der Waals surface area contributed by atoms with Gasteiger partial charge in [0.15, 0.2) is 0 Å². The van der Waals surface area contributed by atoms with Gasteiger partial charge in [-0.2, -0.15) is 0 Å². The number of carbonyl (C=O) groups excluding carboxylic acids is 2. The molecule has 4 atom stereocenters. The molecule has 0 aliphatic heterocycles. The third-order valence-electron chi connectivity index (χ3n) is 5.25. The van der Waals surface area contributed by atoms with E-state index in [2.05, 4.69) is 19.1 Å². The van der Waals surface area contributed by atoms with Crippen LogP contribution >= 0.6 is 0 Å². The summed E-state index contributed by atoms with van der Waals surface area (Å²) in [5.41, 5.74) is -0.665. The van der Waals surface area contributed by atoms with Gasteiger partial charge >= 0.3 is 11.9 Å². The van der Waals surface area contributed by atoms with E-state index in [0.717, 1.165) is 0 Å². The average molecular weight is 252 g/mol. The van der Waals surface area contributed by atoms with E-state index in [0.29, 0.717) is 0 Å². The second kappa shape index (κ2) is 3.84. The maximum atomic E-state index is 12.1. The van der Waals surface area contributed by atoms with Crippen LogP contribution in [-0.2, 0) is 19.1 Å². The number of esters is 2. The summed E-state index contributed by atoms with van der Waals surface area (Å²) in [5, 5.41) is 0. The predicted molar refractivity (Wildman–Crippen MR) is 65.5 cm³/mol. The number of hydrogen-bond acceptors (Lipinski definition) is 4. The number of methoxy groups -OCH3 is 2. The lowest BCUT2D eigenvalue weighted by Gasteiger charge is -2.32.